The molecule has 0 amide bonds. The highest BCUT2D eigenvalue weighted by Crippen LogP contribution is 2.32. The van der Waals surface area contributed by atoms with E-state index in [4.69, 9.17) is 4.74 Å². The van der Waals surface area contributed by atoms with Crippen LogP contribution >= 0.6 is 11.8 Å². The predicted molar refractivity (Wildman–Crippen MR) is 79.4 cm³/mol. The fourth-order valence-electron chi connectivity index (χ4n) is 2.67. The van der Waals surface area contributed by atoms with Crippen LogP contribution in [-0.4, -0.2) is 58.8 Å². The van der Waals surface area contributed by atoms with Gasteiger partial charge in [-0.2, -0.15) is 11.8 Å². The highest BCUT2D eigenvalue weighted by Gasteiger charge is 2.36. The van der Waals surface area contributed by atoms with E-state index in [-0.39, 0.29) is 0 Å². The van der Waals surface area contributed by atoms with Crippen LogP contribution in [0.25, 0.3) is 0 Å². The molecule has 1 rings (SSSR count). The maximum atomic E-state index is 11.7. The van der Waals surface area contributed by atoms with Crippen LogP contribution in [0.1, 0.15) is 40.0 Å². The number of carbonyl (C=O) groups is 1. The normalized spacial score (nSPS) is 26.4. The van der Waals surface area contributed by atoms with Crippen LogP contribution < -0.4 is 0 Å². The molecule has 1 saturated carbocycles. The van der Waals surface area contributed by atoms with E-state index in [0.29, 0.717) is 19.2 Å². The molecule has 0 bridgehead atoms. The minimum absolute atomic E-state index is 0.303. The van der Waals surface area contributed by atoms with Crippen molar-refractivity contribution in [2.24, 2.45) is 0 Å². The van der Waals surface area contributed by atoms with Gasteiger partial charge in [0.2, 0.25) is 0 Å². The fourth-order valence-corrected chi connectivity index (χ4v) is 3.80. The molecule has 4 nitrogen and oxygen atoms in total. The Hall–Kier alpha value is -0.260. The molecule has 19 heavy (non-hydrogen) atoms. The molecule has 112 valence electrons. The van der Waals surface area contributed by atoms with Crippen LogP contribution in [0.4, 0.5) is 0 Å². The minimum Gasteiger partial charge on any atom is -0.464 e. The van der Waals surface area contributed by atoms with Gasteiger partial charge in [-0.25, -0.2) is 4.79 Å². The van der Waals surface area contributed by atoms with Crippen LogP contribution in [0.3, 0.4) is 0 Å². The number of aliphatic hydroxyl groups is 1. The smallest absolute Gasteiger partial charge is 0.339 e. The number of ether oxygens (including phenoxy) is 1. The molecule has 3 atom stereocenters. The molecule has 5 heteroatoms. The molecule has 0 saturated heterocycles. The molecule has 1 N–H and O–H groups in total. The number of carbonyl (C=O) groups excluding carboxylic acids is 1. The summed E-state index contributed by atoms with van der Waals surface area (Å²) in [6.07, 6.45) is 3.52. The first kappa shape index (κ1) is 16.8. The van der Waals surface area contributed by atoms with E-state index in [1.807, 2.05) is 18.8 Å². The number of hydrogen-bond donors (Lipinski definition) is 1. The standard InChI is InChI=1S/C14H27NO3S/c1-5-18-13(16)14(3,17)10-15(4)11-7-8-12(9-11)19-6-2/h11-12,17H,5-10H2,1-4H3/t11-,12-,14-/m1/s1. The first-order valence-electron chi connectivity index (χ1n) is 7.12. The quantitative estimate of drug-likeness (QED) is 0.726. The molecule has 0 aromatic heterocycles. The number of thioether (sulfide) groups is 1. The summed E-state index contributed by atoms with van der Waals surface area (Å²) >= 11 is 2.01. The SMILES string of the molecule is CCOC(=O)[C@](C)(O)CN(C)[C@@H]1CC[C@@H](SCC)C1. The molecular formula is C14H27NO3S. The zero-order valence-electron chi connectivity index (χ0n) is 12.5. The van der Waals surface area contributed by atoms with E-state index in [1.54, 1.807) is 6.92 Å². The Bertz CT molecular complexity index is 296. The second-order valence-electron chi connectivity index (χ2n) is 5.45. The van der Waals surface area contributed by atoms with Crippen LogP contribution in [0.15, 0.2) is 0 Å². The summed E-state index contributed by atoms with van der Waals surface area (Å²) in [6.45, 7) is 6.11. The van der Waals surface area contributed by atoms with Crippen LogP contribution in [0.5, 0.6) is 0 Å². The number of nitrogens with zero attached hydrogens (tertiary/aromatic N) is 1. The molecule has 0 aromatic rings. The Morgan fingerprint density at radius 3 is 2.74 bits per heavy atom. The maximum absolute atomic E-state index is 11.7. The molecule has 1 fully saturated rings. The van der Waals surface area contributed by atoms with E-state index in [9.17, 15) is 9.90 Å². The van der Waals surface area contributed by atoms with E-state index in [0.717, 1.165) is 23.8 Å². The van der Waals surface area contributed by atoms with Crippen molar-refractivity contribution in [3.05, 3.63) is 0 Å². The van der Waals surface area contributed by atoms with Gasteiger partial charge in [0.25, 0.3) is 0 Å². The van der Waals surface area contributed by atoms with E-state index in [2.05, 4.69) is 11.8 Å². The van der Waals surface area contributed by atoms with Crippen molar-refractivity contribution in [2.75, 3.05) is 26.0 Å². The Kier molecular flexibility index (Phi) is 6.63. The van der Waals surface area contributed by atoms with Crippen LogP contribution in [0.2, 0.25) is 0 Å². The van der Waals surface area contributed by atoms with Crippen molar-refractivity contribution in [3.63, 3.8) is 0 Å². The summed E-state index contributed by atoms with van der Waals surface area (Å²) < 4.78 is 4.91. The lowest BCUT2D eigenvalue weighted by Gasteiger charge is -2.31. The lowest BCUT2D eigenvalue weighted by Crippen LogP contribution is -2.49. The van der Waals surface area contributed by atoms with E-state index >= 15 is 0 Å². The topological polar surface area (TPSA) is 49.8 Å². The van der Waals surface area contributed by atoms with Gasteiger partial charge in [-0.1, -0.05) is 6.92 Å². The number of rotatable bonds is 7. The Morgan fingerprint density at radius 1 is 1.47 bits per heavy atom. The minimum atomic E-state index is -1.42. The Labute approximate surface area is 120 Å². The number of hydrogen-bond acceptors (Lipinski definition) is 5. The van der Waals surface area contributed by atoms with Gasteiger partial charge in [-0.05, 0) is 45.9 Å². The Morgan fingerprint density at radius 2 is 2.16 bits per heavy atom. The van der Waals surface area contributed by atoms with Gasteiger partial charge in [-0.3, -0.25) is 4.90 Å². The van der Waals surface area contributed by atoms with Gasteiger partial charge >= 0.3 is 5.97 Å². The summed E-state index contributed by atoms with van der Waals surface area (Å²) in [4.78, 5) is 13.8. The summed E-state index contributed by atoms with van der Waals surface area (Å²) in [5, 5.41) is 10.9. The van der Waals surface area contributed by atoms with Gasteiger partial charge in [0.1, 0.15) is 0 Å². The summed E-state index contributed by atoms with van der Waals surface area (Å²) in [6, 6.07) is 0.463. The second kappa shape index (κ2) is 7.50. The summed E-state index contributed by atoms with van der Waals surface area (Å²) in [5.41, 5.74) is -1.42. The fraction of sp³-hybridized carbons (Fsp3) is 0.929. The van der Waals surface area contributed by atoms with Gasteiger partial charge in [0, 0.05) is 17.8 Å². The molecule has 1 aliphatic rings. The van der Waals surface area contributed by atoms with Crippen molar-refractivity contribution in [1.82, 2.24) is 4.90 Å². The lowest BCUT2D eigenvalue weighted by atomic mass is 10.1. The largest absolute Gasteiger partial charge is 0.464 e. The zero-order chi connectivity index (χ0) is 14.5. The van der Waals surface area contributed by atoms with E-state index < -0.39 is 11.6 Å². The zero-order valence-corrected chi connectivity index (χ0v) is 13.3. The van der Waals surface area contributed by atoms with E-state index in [1.165, 1.54) is 13.3 Å². The van der Waals surface area contributed by atoms with Crippen molar-refractivity contribution in [1.29, 1.82) is 0 Å². The van der Waals surface area contributed by atoms with Gasteiger partial charge in [0.15, 0.2) is 5.60 Å². The molecule has 1 aliphatic carbocycles. The van der Waals surface area contributed by atoms with Gasteiger partial charge in [0.05, 0.1) is 6.61 Å². The van der Waals surface area contributed by atoms with Crippen molar-refractivity contribution in [3.8, 4) is 0 Å². The molecule has 0 spiro atoms. The van der Waals surface area contributed by atoms with Crippen molar-refractivity contribution < 1.29 is 14.6 Å². The van der Waals surface area contributed by atoms with Gasteiger partial charge in [-0.15, -0.1) is 0 Å². The number of esters is 1. The van der Waals surface area contributed by atoms with Crippen LogP contribution in [0, 0.1) is 0 Å². The predicted octanol–water partition coefficient (Wildman–Crippen LogP) is 1.91. The third kappa shape index (κ3) is 4.97. The monoisotopic (exact) mass is 289 g/mol. The molecule has 0 heterocycles. The first-order valence-corrected chi connectivity index (χ1v) is 8.17. The van der Waals surface area contributed by atoms with Gasteiger partial charge < -0.3 is 9.84 Å². The maximum Gasteiger partial charge on any atom is 0.339 e. The highest BCUT2D eigenvalue weighted by atomic mass is 32.2. The Balaban J connectivity index is 2.46. The molecule has 0 unspecified atom stereocenters. The molecule has 0 aromatic carbocycles. The molecular weight excluding hydrogens is 262 g/mol. The highest BCUT2D eigenvalue weighted by molar-refractivity contribution is 7.99. The molecule has 0 radical (unpaired) electrons. The average molecular weight is 289 g/mol. The third-order valence-corrected chi connectivity index (χ3v) is 4.89. The first-order chi connectivity index (χ1) is 8.90. The second-order valence-corrected chi connectivity index (χ2v) is 7.03. The summed E-state index contributed by atoms with van der Waals surface area (Å²) in [5.74, 6) is 0.626. The lowest BCUT2D eigenvalue weighted by molar-refractivity contribution is -0.165. The third-order valence-electron chi connectivity index (χ3n) is 3.66. The van der Waals surface area contributed by atoms with Crippen molar-refractivity contribution in [2.45, 2.75) is 56.9 Å². The average Bonchev–Trinajstić information content (AvgIpc) is 2.78. The number of likely N-dealkylation sites (N-methyl/N-ethyl adjacent to an activating group) is 1. The van der Waals surface area contributed by atoms with Crippen molar-refractivity contribution >= 4 is 17.7 Å². The van der Waals surface area contributed by atoms with Crippen LogP contribution in [-0.2, 0) is 9.53 Å². The summed E-state index contributed by atoms with van der Waals surface area (Å²) in [7, 11) is 1.98. The molecule has 0 aliphatic heterocycles.